The van der Waals surface area contributed by atoms with Crippen molar-refractivity contribution >= 4 is 17.2 Å². The van der Waals surface area contributed by atoms with Crippen LogP contribution in [-0.2, 0) is 4.79 Å². The molecule has 4 rings (SSSR count). The van der Waals surface area contributed by atoms with E-state index in [1.807, 2.05) is 6.07 Å². The number of nitriles is 1. The zero-order valence-electron chi connectivity index (χ0n) is 14.3. The first-order valence-electron chi connectivity index (χ1n) is 8.22. The van der Waals surface area contributed by atoms with Crippen LogP contribution in [0.3, 0.4) is 0 Å². The third-order valence-corrected chi connectivity index (χ3v) is 4.71. The highest BCUT2D eigenvalue weighted by molar-refractivity contribution is 5.99. The minimum Gasteiger partial charge on any atom is -0.497 e. The SMILES string of the molecule is COc1cc(F)c([C@H]2CC(=O)N(c3cc(C#N)cn4ccnc34)C2)c(F)c1. The number of aromatic nitrogens is 2. The molecule has 0 spiro atoms. The predicted molar refractivity (Wildman–Crippen MR) is 92.5 cm³/mol. The highest BCUT2D eigenvalue weighted by Crippen LogP contribution is 2.37. The summed E-state index contributed by atoms with van der Waals surface area (Å²) in [6.45, 7) is 0.0937. The number of fused-ring (bicyclic) bond motifs is 1. The Labute approximate surface area is 153 Å². The van der Waals surface area contributed by atoms with E-state index in [4.69, 9.17) is 4.74 Å². The fraction of sp³-hybridized carbons (Fsp3) is 0.211. The van der Waals surface area contributed by atoms with Crippen LogP contribution in [-0.4, -0.2) is 28.9 Å². The van der Waals surface area contributed by atoms with Gasteiger partial charge in [-0.05, 0) is 6.07 Å². The molecule has 8 heteroatoms. The van der Waals surface area contributed by atoms with Crippen LogP contribution in [0, 0.1) is 23.0 Å². The second-order valence-electron chi connectivity index (χ2n) is 6.29. The maximum atomic E-state index is 14.4. The van der Waals surface area contributed by atoms with Crippen LogP contribution in [0.15, 0.2) is 36.8 Å². The Morgan fingerprint density at radius 2 is 2.04 bits per heavy atom. The molecule has 0 bridgehead atoms. The van der Waals surface area contributed by atoms with Crippen molar-refractivity contribution in [1.29, 1.82) is 5.26 Å². The van der Waals surface area contributed by atoms with Gasteiger partial charge in [0.05, 0.1) is 18.4 Å². The predicted octanol–water partition coefficient (Wildman–Crippen LogP) is 3.01. The number of ether oxygens (including phenoxy) is 1. The normalized spacial score (nSPS) is 16.7. The zero-order valence-corrected chi connectivity index (χ0v) is 14.3. The molecular formula is C19H14F2N4O2. The Balaban J connectivity index is 1.74. The van der Waals surface area contributed by atoms with Gasteiger partial charge in [0.25, 0.3) is 0 Å². The first-order valence-corrected chi connectivity index (χ1v) is 8.22. The summed E-state index contributed by atoms with van der Waals surface area (Å²) in [6, 6.07) is 5.81. The summed E-state index contributed by atoms with van der Waals surface area (Å²) in [4.78, 5) is 18.3. The first kappa shape index (κ1) is 17.0. The molecule has 1 aliphatic heterocycles. The number of imidazole rings is 1. The Kier molecular flexibility index (Phi) is 4.00. The number of carbonyl (C=O) groups is 1. The topological polar surface area (TPSA) is 70.6 Å². The smallest absolute Gasteiger partial charge is 0.227 e. The van der Waals surface area contributed by atoms with Crippen molar-refractivity contribution in [3.8, 4) is 11.8 Å². The lowest BCUT2D eigenvalue weighted by atomic mass is 9.97. The number of halogens is 2. The van der Waals surface area contributed by atoms with Crippen molar-refractivity contribution in [2.75, 3.05) is 18.6 Å². The fourth-order valence-electron chi connectivity index (χ4n) is 3.48. The number of benzene rings is 1. The van der Waals surface area contributed by atoms with Crippen LogP contribution in [0.25, 0.3) is 5.65 Å². The molecular weight excluding hydrogens is 354 g/mol. The molecule has 6 nitrogen and oxygen atoms in total. The molecule has 0 saturated carbocycles. The van der Waals surface area contributed by atoms with Gasteiger partial charge < -0.3 is 14.0 Å². The van der Waals surface area contributed by atoms with E-state index in [-0.39, 0.29) is 30.2 Å². The number of nitrogens with zero attached hydrogens (tertiary/aromatic N) is 4. The Morgan fingerprint density at radius 1 is 1.30 bits per heavy atom. The van der Waals surface area contributed by atoms with Crippen molar-refractivity contribution in [2.45, 2.75) is 12.3 Å². The van der Waals surface area contributed by atoms with E-state index < -0.39 is 17.6 Å². The summed E-state index contributed by atoms with van der Waals surface area (Å²) in [7, 11) is 1.33. The second kappa shape index (κ2) is 6.36. The van der Waals surface area contributed by atoms with E-state index in [0.717, 1.165) is 12.1 Å². The Bertz CT molecular complexity index is 1080. The lowest BCUT2D eigenvalue weighted by molar-refractivity contribution is -0.117. The number of carbonyl (C=O) groups excluding carboxylic acids is 1. The number of hydrogen-bond acceptors (Lipinski definition) is 4. The average molecular weight is 368 g/mol. The molecule has 1 aromatic carbocycles. The van der Waals surface area contributed by atoms with Gasteiger partial charge in [-0.3, -0.25) is 4.79 Å². The van der Waals surface area contributed by atoms with E-state index in [2.05, 4.69) is 4.98 Å². The number of hydrogen-bond donors (Lipinski definition) is 0. The molecule has 3 heterocycles. The van der Waals surface area contributed by atoms with E-state index in [1.54, 1.807) is 29.1 Å². The van der Waals surface area contributed by atoms with Crippen molar-refractivity contribution < 1.29 is 18.3 Å². The van der Waals surface area contributed by atoms with Gasteiger partial charge in [0.15, 0.2) is 5.65 Å². The van der Waals surface area contributed by atoms with Crippen LogP contribution >= 0.6 is 0 Å². The van der Waals surface area contributed by atoms with Crippen LogP contribution in [0.5, 0.6) is 5.75 Å². The average Bonchev–Trinajstić information content (AvgIpc) is 3.26. The largest absolute Gasteiger partial charge is 0.497 e. The van der Waals surface area contributed by atoms with E-state index in [1.165, 1.54) is 12.0 Å². The molecule has 1 aliphatic rings. The van der Waals surface area contributed by atoms with Crippen molar-refractivity contribution in [3.63, 3.8) is 0 Å². The second-order valence-corrected chi connectivity index (χ2v) is 6.29. The molecule has 27 heavy (non-hydrogen) atoms. The highest BCUT2D eigenvalue weighted by Gasteiger charge is 2.36. The summed E-state index contributed by atoms with van der Waals surface area (Å²) in [6.07, 6.45) is 4.79. The third-order valence-electron chi connectivity index (χ3n) is 4.71. The Hall–Kier alpha value is -3.47. The van der Waals surface area contributed by atoms with Crippen LogP contribution in [0.4, 0.5) is 14.5 Å². The molecule has 2 aromatic heterocycles. The van der Waals surface area contributed by atoms with E-state index in [0.29, 0.717) is 16.9 Å². The molecule has 136 valence electrons. The minimum absolute atomic E-state index is 0.0379. The van der Waals surface area contributed by atoms with Gasteiger partial charge in [0.2, 0.25) is 5.91 Å². The monoisotopic (exact) mass is 368 g/mol. The van der Waals surface area contributed by atoms with Gasteiger partial charge in [0.1, 0.15) is 23.5 Å². The van der Waals surface area contributed by atoms with Gasteiger partial charge >= 0.3 is 0 Å². The van der Waals surface area contributed by atoms with Gasteiger partial charge in [-0.25, -0.2) is 13.8 Å². The van der Waals surface area contributed by atoms with Gasteiger partial charge in [0, 0.05) is 55.2 Å². The molecule has 0 unspecified atom stereocenters. The number of rotatable bonds is 3. The molecule has 3 aromatic rings. The third kappa shape index (κ3) is 2.77. The van der Waals surface area contributed by atoms with E-state index in [9.17, 15) is 18.8 Å². The quantitative estimate of drug-likeness (QED) is 0.713. The van der Waals surface area contributed by atoms with Gasteiger partial charge in [-0.1, -0.05) is 0 Å². The zero-order chi connectivity index (χ0) is 19.1. The molecule has 0 aliphatic carbocycles. The fourth-order valence-corrected chi connectivity index (χ4v) is 3.48. The summed E-state index contributed by atoms with van der Waals surface area (Å²) in [5.41, 5.74) is 1.16. The summed E-state index contributed by atoms with van der Waals surface area (Å²) < 4.78 is 35.4. The van der Waals surface area contributed by atoms with Crippen molar-refractivity contribution in [2.24, 2.45) is 0 Å². The number of methoxy groups -OCH3 is 1. The number of pyridine rings is 1. The molecule has 1 amide bonds. The van der Waals surface area contributed by atoms with Crippen LogP contribution < -0.4 is 9.64 Å². The van der Waals surface area contributed by atoms with E-state index >= 15 is 0 Å². The standard InChI is InChI=1S/C19H14F2N4O2/c1-27-13-6-14(20)18(15(21)7-13)12-5-17(26)25(10-12)16-4-11(8-22)9-24-3-2-23-19(16)24/h2-4,6-7,9,12H,5,10H2,1H3/t12-/m0/s1. The first-order chi connectivity index (χ1) is 13.0. The summed E-state index contributed by atoms with van der Waals surface area (Å²) >= 11 is 0. The van der Waals surface area contributed by atoms with Crippen molar-refractivity contribution in [3.05, 3.63) is 59.6 Å². The molecule has 1 saturated heterocycles. The Morgan fingerprint density at radius 3 is 2.70 bits per heavy atom. The highest BCUT2D eigenvalue weighted by atomic mass is 19.1. The van der Waals surface area contributed by atoms with Gasteiger partial charge in [-0.15, -0.1) is 0 Å². The van der Waals surface area contributed by atoms with Gasteiger partial charge in [-0.2, -0.15) is 5.26 Å². The molecule has 0 N–H and O–H groups in total. The maximum Gasteiger partial charge on any atom is 0.227 e. The minimum atomic E-state index is -0.747. The van der Waals surface area contributed by atoms with Crippen molar-refractivity contribution in [1.82, 2.24) is 9.38 Å². The molecule has 1 atom stereocenters. The molecule has 1 fully saturated rings. The number of amides is 1. The lowest BCUT2D eigenvalue weighted by Crippen LogP contribution is -2.25. The van der Waals surface area contributed by atoms with Crippen LogP contribution in [0.2, 0.25) is 0 Å². The number of anilines is 1. The summed E-state index contributed by atoms with van der Waals surface area (Å²) in [5.74, 6) is -2.35. The summed E-state index contributed by atoms with van der Waals surface area (Å²) in [5, 5.41) is 9.22. The lowest BCUT2D eigenvalue weighted by Gasteiger charge is -2.18. The molecule has 0 radical (unpaired) electrons. The maximum absolute atomic E-state index is 14.4. The van der Waals surface area contributed by atoms with Crippen LogP contribution in [0.1, 0.15) is 23.5 Å².